The number of benzene rings is 1. The first-order valence-corrected chi connectivity index (χ1v) is 8.71. The van der Waals surface area contributed by atoms with E-state index in [4.69, 9.17) is 16.9 Å². The quantitative estimate of drug-likeness (QED) is 0.747. The molecule has 6 nitrogen and oxygen atoms in total. The van der Waals surface area contributed by atoms with E-state index in [2.05, 4.69) is 15.3 Å². The second kappa shape index (κ2) is 7.22. The van der Waals surface area contributed by atoms with E-state index in [1.54, 1.807) is 23.8 Å². The van der Waals surface area contributed by atoms with Gasteiger partial charge in [-0.3, -0.25) is 4.79 Å². The van der Waals surface area contributed by atoms with Crippen LogP contribution < -0.4 is 5.56 Å². The Morgan fingerprint density at radius 1 is 1.22 bits per heavy atom. The molecule has 0 saturated carbocycles. The Morgan fingerprint density at radius 2 is 1.96 bits per heavy atom. The highest BCUT2D eigenvalue weighted by Gasteiger charge is 2.15. The lowest BCUT2D eigenvalue weighted by atomic mass is 10.1. The van der Waals surface area contributed by atoms with Gasteiger partial charge in [-0.25, -0.2) is 9.78 Å². The first-order valence-electron chi connectivity index (χ1n) is 8.33. The molecule has 0 saturated heterocycles. The number of halogens is 1. The summed E-state index contributed by atoms with van der Waals surface area (Å²) in [6, 6.07) is 8.01. The molecule has 27 heavy (non-hydrogen) atoms. The van der Waals surface area contributed by atoms with Gasteiger partial charge >= 0.3 is 0 Å². The lowest BCUT2D eigenvalue weighted by Crippen LogP contribution is -2.15. The average molecular weight is 380 g/mol. The second-order valence-electron chi connectivity index (χ2n) is 6.37. The van der Waals surface area contributed by atoms with Crippen LogP contribution in [0.15, 0.2) is 23.0 Å². The topological polar surface area (TPSA) is 87.4 Å². The molecule has 0 unspecified atom stereocenters. The third-order valence-electron chi connectivity index (χ3n) is 4.42. The first kappa shape index (κ1) is 18.6. The molecule has 0 aliphatic carbocycles. The Morgan fingerprint density at radius 3 is 2.67 bits per heavy atom. The molecule has 3 aromatic rings. The van der Waals surface area contributed by atoms with Crippen molar-refractivity contribution in [3.8, 4) is 11.8 Å². The van der Waals surface area contributed by atoms with Crippen LogP contribution in [0.3, 0.4) is 0 Å². The Balaban J connectivity index is 2.07. The molecule has 2 heterocycles. The van der Waals surface area contributed by atoms with Gasteiger partial charge in [0.05, 0.1) is 17.1 Å². The SMILES string of the molecule is Cc1ccc(C)c(-n2nc(C)c(/C=C/c3n[nH]c(=O)c(C#N)c3C)c2Cl)c1. The first-order chi connectivity index (χ1) is 12.8. The van der Waals surface area contributed by atoms with Crippen molar-refractivity contribution in [2.24, 2.45) is 0 Å². The molecule has 3 rings (SSSR count). The van der Waals surface area contributed by atoms with Gasteiger partial charge in [0.1, 0.15) is 16.8 Å². The smallest absolute Gasteiger partial charge is 0.267 e. The summed E-state index contributed by atoms with van der Waals surface area (Å²) in [5.74, 6) is 0. The maximum Gasteiger partial charge on any atom is 0.282 e. The Hall–Kier alpha value is -3.17. The third kappa shape index (κ3) is 3.42. The van der Waals surface area contributed by atoms with Gasteiger partial charge in [0.15, 0.2) is 0 Å². The molecule has 7 heteroatoms. The number of hydrogen-bond donors (Lipinski definition) is 1. The number of aromatic nitrogens is 4. The van der Waals surface area contributed by atoms with Gasteiger partial charge in [-0.1, -0.05) is 23.7 Å². The zero-order valence-corrected chi connectivity index (χ0v) is 16.2. The number of rotatable bonds is 3. The van der Waals surface area contributed by atoms with Gasteiger partial charge in [0, 0.05) is 5.56 Å². The van der Waals surface area contributed by atoms with Gasteiger partial charge in [0.2, 0.25) is 0 Å². The number of nitrogens with zero attached hydrogens (tertiary/aromatic N) is 4. The molecule has 1 N–H and O–H groups in total. The molecule has 2 aromatic heterocycles. The summed E-state index contributed by atoms with van der Waals surface area (Å²) in [6.07, 6.45) is 3.51. The molecule has 1 aromatic carbocycles. The van der Waals surface area contributed by atoms with Crippen LogP contribution in [0.1, 0.15) is 39.2 Å². The fourth-order valence-electron chi connectivity index (χ4n) is 2.82. The van der Waals surface area contributed by atoms with Gasteiger partial charge in [-0.05, 0) is 62.6 Å². The van der Waals surface area contributed by atoms with Crippen molar-refractivity contribution >= 4 is 23.8 Å². The maximum atomic E-state index is 11.6. The van der Waals surface area contributed by atoms with Gasteiger partial charge in [-0.2, -0.15) is 15.5 Å². The van der Waals surface area contributed by atoms with Crippen molar-refractivity contribution < 1.29 is 0 Å². The van der Waals surface area contributed by atoms with Gasteiger partial charge in [0.25, 0.3) is 5.56 Å². The van der Waals surface area contributed by atoms with Crippen LogP contribution in [0.5, 0.6) is 0 Å². The van der Waals surface area contributed by atoms with Gasteiger partial charge < -0.3 is 0 Å². The van der Waals surface area contributed by atoms with Crippen molar-refractivity contribution in [1.29, 1.82) is 5.26 Å². The number of nitrogens with one attached hydrogen (secondary N) is 1. The van der Waals surface area contributed by atoms with Crippen molar-refractivity contribution in [2.75, 3.05) is 0 Å². The van der Waals surface area contributed by atoms with Crippen molar-refractivity contribution in [2.45, 2.75) is 27.7 Å². The van der Waals surface area contributed by atoms with E-state index in [1.165, 1.54) is 0 Å². The lowest BCUT2D eigenvalue weighted by Gasteiger charge is -2.08. The molecule has 0 atom stereocenters. The summed E-state index contributed by atoms with van der Waals surface area (Å²) in [5, 5.41) is 20.5. The van der Waals surface area contributed by atoms with E-state index in [1.807, 2.05) is 45.0 Å². The lowest BCUT2D eigenvalue weighted by molar-refractivity contribution is 0.855. The fraction of sp³-hybridized carbons (Fsp3) is 0.200. The minimum atomic E-state index is -0.496. The van der Waals surface area contributed by atoms with E-state index in [-0.39, 0.29) is 5.56 Å². The van der Waals surface area contributed by atoms with Crippen LogP contribution >= 0.6 is 11.6 Å². The van der Waals surface area contributed by atoms with Crippen LogP contribution in [0, 0.1) is 39.0 Å². The van der Waals surface area contributed by atoms with Crippen molar-refractivity contribution in [3.05, 3.63) is 72.9 Å². The molecule has 0 fully saturated rings. The molecule has 0 aliphatic rings. The van der Waals surface area contributed by atoms with E-state index in [9.17, 15) is 4.79 Å². The Kier molecular flexibility index (Phi) is 4.98. The van der Waals surface area contributed by atoms with E-state index < -0.39 is 5.56 Å². The van der Waals surface area contributed by atoms with Crippen LogP contribution in [0.2, 0.25) is 5.15 Å². The molecule has 0 bridgehead atoms. The molecule has 136 valence electrons. The number of nitriles is 1. The van der Waals surface area contributed by atoms with Gasteiger partial charge in [-0.15, -0.1) is 0 Å². The summed E-state index contributed by atoms with van der Waals surface area (Å²) in [6.45, 7) is 7.59. The largest absolute Gasteiger partial charge is 0.282 e. The van der Waals surface area contributed by atoms with Crippen LogP contribution in [-0.2, 0) is 0 Å². The van der Waals surface area contributed by atoms with Crippen LogP contribution in [0.4, 0.5) is 0 Å². The summed E-state index contributed by atoms with van der Waals surface area (Å²) >= 11 is 6.60. The number of H-pyrrole nitrogens is 1. The zero-order valence-electron chi connectivity index (χ0n) is 15.5. The molecular weight excluding hydrogens is 362 g/mol. The third-order valence-corrected chi connectivity index (χ3v) is 4.79. The highest BCUT2D eigenvalue weighted by Crippen LogP contribution is 2.27. The van der Waals surface area contributed by atoms with Crippen molar-refractivity contribution in [1.82, 2.24) is 20.0 Å². The molecule has 0 aliphatic heterocycles. The monoisotopic (exact) mass is 379 g/mol. The average Bonchev–Trinajstić information content (AvgIpc) is 2.91. The minimum absolute atomic E-state index is 0.0542. The summed E-state index contributed by atoms with van der Waals surface area (Å²) < 4.78 is 1.72. The Labute approximate surface area is 161 Å². The standard InChI is InChI=1S/C20H18ClN5O/c1-11-5-6-12(2)18(9-11)26-19(21)15(14(4)25-26)7-8-17-13(3)16(10-22)20(27)24-23-17/h5-9H,1-4H3,(H,24,27)/b8-7+. The van der Waals surface area contributed by atoms with E-state index in [0.29, 0.717) is 16.4 Å². The molecule has 0 amide bonds. The summed E-state index contributed by atoms with van der Waals surface area (Å²) in [4.78, 5) is 11.6. The fourth-order valence-corrected chi connectivity index (χ4v) is 3.14. The summed E-state index contributed by atoms with van der Waals surface area (Å²) in [7, 11) is 0. The number of aryl methyl sites for hydroxylation is 3. The zero-order chi connectivity index (χ0) is 19.7. The van der Waals surface area contributed by atoms with E-state index >= 15 is 0 Å². The molecular formula is C20H18ClN5O. The van der Waals surface area contributed by atoms with Crippen LogP contribution in [-0.4, -0.2) is 20.0 Å². The van der Waals surface area contributed by atoms with E-state index in [0.717, 1.165) is 28.1 Å². The van der Waals surface area contributed by atoms with Crippen LogP contribution in [0.25, 0.3) is 17.8 Å². The normalized spacial score (nSPS) is 11.1. The maximum absolute atomic E-state index is 11.6. The predicted molar refractivity (Wildman–Crippen MR) is 106 cm³/mol. The summed E-state index contributed by atoms with van der Waals surface area (Å²) in [5.41, 5.74) is 5.21. The number of hydrogen-bond acceptors (Lipinski definition) is 4. The molecule has 0 radical (unpaired) electrons. The van der Waals surface area contributed by atoms with Crippen molar-refractivity contribution in [3.63, 3.8) is 0 Å². The Bertz CT molecular complexity index is 1160. The molecule has 0 spiro atoms. The predicted octanol–water partition coefficient (Wildman–Crippen LogP) is 3.88. The number of aromatic amines is 1. The minimum Gasteiger partial charge on any atom is -0.267 e. The highest BCUT2D eigenvalue weighted by molar-refractivity contribution is 6.31. The highest BCUT2D eigenvalue weighted by atomic mass is 35.5. The second-order valence-corrected chi connectivity index (χ2v) is 6.73.